The molecule has 0 saturated heterocycles. The molecule has 1 aromatic carbocycles. The smallest absolute Gasteiger partial charge is 0.240 e. The van der Waals surface area contributed by atoms with Gasteiger partial charge in [0.1, 0.15) is 0 Å². The Morgan fingerprint density at radius 3 is 2.78 bits per heavy atom. The average Bonchev–Trinajstić information content (AvgIpc) is 3.26. The monoisotopic (exact) mass is 456 g/mol. The Hall–Kier alpha value is -3.11. The first-order chi connectivity index (χ1) is 15.3. The van der Waals surface area contributed by atoms with Crippen molar-refractivity contribution >= 4 is 34.8 Å². The van der Waals surface area contributed by atoms with Gasteiger partial charge in [0.2, 0.25) is 17.6 Å². The highest BCUT2D eigenvalue weighted by Gasteiger charge is 2.30. The molecule has 2 amide bonds. The number of nitrogens with one attached hydrogen (secondary N) is 1. The Labute approximate surface area is 190 Å². The van der Waals surface area contributed by atoms with E-state index in [2.05, 4.69) is 15.3 Å². The van der Waals surface area contributed by atoms with E-state index in [1.807, 2.05) is 24.3 Å². The summed E-state index contributed by atoms with van der Waals surface area (Å²) in [5.74, 6) is -0.496. The molecule has 1 aromatic heterocycles. The van der Waals surface area contributed by atoms with Gasteiger partial charge in [-0.1, -0.05) is 24.3 Å². The number of carbonyl (C=O) groups excluding carboxylic acids is 3. The highest BCUT2D eigenvalue weighted by molar-refractivity contribution is 7.11. The predicted molar refractivity (Wildman–Crippen MR) is 123 cm³/mol. The van der Waals surface area contributed by atoms with Gasteiger partial charge in [-0.3, -0.25) is 19.4 Å². The SMILES string of the molecule is CC(N)=NCCCC(NC(=O)CN1Cc2ccccc2CC(N)C1=O)C(=O)c1nccs1. The standard InChI is InChI=1S/C22H28N6O3S/c1-14(23)25-8-4-7-18(20(30)21-26-9-10-32-21)27-19(29)13-28-12-16-6-3-2-5-15(16)11-17(24)22(28)31/h2-3,5-6,9-10,17-18H,4,7-8,11-13,24H2,1H3,(H2,23,25)(H,27,29). The summed E-state index contributed by atoms with van der Waals surface area (Å²) in [5, 5.41) is 4.82. The van der Waals surface area contributed by atoms with Gasteiger partial charge in [0.15, 0.2) is 5.01 Å². The van der Waals surface area contributed by atoms with E-state index >= 15 is 0 Å². The van der Waals surface area contributed by atoms with E-state index in [0.717, 1.165) is 11.1 Å². The van der Waals surface area contributed by atoms with Crippen molar-refractivity contribution in [2.75, 3.05) is 13.1 Å². The number of aliphatic imine (C=N–C) groups is 1. The van der Waals surface area contributed by atoms with Crippen molar-refractivity contribution in [3.63, 3.8) is 0 Å². The molecule has 1 aliphatic heterocycles. The number of nitrogens with zero attached hydrogens (tertiary/aromatic N) is 3. The molecule has 32 heavy (non-hydrogen) atoms. The third-order valence-corrected chi connectivity index (χ3v) is 5.98. The van der Waals surface area contributed by atoms with Crippen molar-refractivity contribution < 1.29 is 14.4 Å². The molecule has 10 heteroatoms. The first-order valence-corrected chi connectivity index (χ1v) is 11.3. The first kappa shape index (κ1) is 23.6. The van der Waals surface area contributed by atoms with E-state index in [9.17, 15) is 14.4 Å². The Morgan fingerprint density at radius 1 is 1.34 bits per heavy atom. The normalized spacial score (nSPS) is 17.4. The molecule has 9 nitrogen and oxygen atoms in total. The van der Waals surface area contributed by atoms with E-state index in [0.29, 0.717) is 43.2 Å². The zero-order valence-electron chi connectivity index (χ0n) is 18.0. The van der Waals surface area contributed by atoms with Crippen molar-refractivity contribution in [1.29, 1.82) is 0 Å². The number of benzene rings is 1. The van der Waals surface area contributed by atoms with Crippen molar-refractivity contribution in [2.45, 2.75) is 44.8 Å². The summed E-state index contributed by atoms with van der Waals surface area (Å²) < 4.78 is 0. The molecule has 170 valence electrons. The number of hydrogen-bond donors (Lipinski definition) is 3. The summed E-state index contributed by atoms with van der Waals surface area (Å²) in [6, 6.07) is 6.21. The number of amidine groups is 1. The molecular weight excluding hydrogens is 428 g/mol. The minimum absolute atomic E-state index is 0.178. The van der Waals surface area contributed by atoms with Crippen LogP contribution >= 0.6 is 11.3 Å². The molecule has 2 heterocycles. The number of thiazole rings is 1. The lowest BCUT2D eigenvalue weighted by Gasteiger charge is -2.24. The maximum absolute atomic E-state index is 12.9. The van der Waals surface area contributed by atoms with Crippen molar-refractivity contribution in [1.82, 2.24) is 15.2 Å². The third-order valence-electron chi connectivity index (χ3n) is 5.19. The summed E-state index contributed by atoms with van der Waals surface area (Å²) in [6.07, 6.45) is 2.93. The molecule has 0 fully saturated rings. The fraction of sp³-hybridized carbons (Fsp3) is 0.409. The van der Waals surface area contributed by atoms with Crippen LogP contribution in [0.3, 0.4) is 0 Å². The van der Waals surface area contributed by atoms with Gasteiger partial charge < -0.3 is 21.7 Å². The summed E-state index contributed by atoms with van der Waals surface area (Å²) >= 11 is 1.22. The molecule has 2 atom stereocenters. The molecule has 0 bridgehead atoms. The van der Waals surface area contributed by atoms with Gasteiger partial charge in [-0.2, -0.15) is 0 Å². The van der Waals surface area contributed by atoms with Crippen molar-refractivity contribution in [3.8, 4) is 0 Å². The number of amides is 2. The fourth-order valence-corrected chi connectivity index (χ4v) is 4.24. The van der Waals surface area contributed by atoms with E-state index in [4.69, 9.17) is 11.5 Å². The first-order valence-electron chi connectivity index (χ1n) is 10.5. The van der Waals surface area contributed by atoms with Crippen LogP contribution in [0.2, 0.25) is 0 Å². The molecule has 0 aliphatic carbocycles. The summed E-state index contributed by atoms with van der Waals surface area (Å²) in [6.45, 7) is 2.27. The quantitative estimate of drug-likeness (QED) is 0.221. The minimum Gasteiger partial charge on any atom is -0.388 e. The van der Waals surface area contributed by atoms with Crippen LogP contribution in [0.4, 0.5) is 0 Å². The number of hydrogen-bond acceptors (Lipinski definition) is 7. The second-order valence-corrected chi connectivity index (χ2v) is 8.66. The molecule has 2 aromatic rings. The number of rotatable bonds is 9. The molecule has 0 radical (unpaired) electrons. The Balaban J connectivity index is 1.68. The van der Waals surface area contributed by atoms with Gasteiger partial charge in [-0.05, 0) is 37.3 Å². The number of nitrogens with two attached hydrogens (primary N) is 2. The summed E-state index contributed by atoms with van der Waals surface area (Å²) in [5.41, 5.74) is 13.6. The van der Waals surface area contributed by atoms with Crippen LogP contribution in [0.5, 0.6) is 0 Å². The van der Waals surface area contributed by atoms with Crippen LogP contribution in [-0.4, -0.2) is 58.5 Å². The molecule has 0 saturated carbocycles. The number of Topliss-reactive ketones (excluding diaryl/α,β-unsaturated/α-hetero) is 1. The highest BCUT2D eigenvalue weighted by Crippen LogP contribution is 2.19. The number of carbonyl (C=O) groups is 3. The van der Waals surface area contributed by atoms with E-state index in [1.165, 1.54) is 16.2 Å². The van der Waals surface area contributed by atoms with Crippen LogP contribution in [0.1, 0.15) is 40.7 Å². The van der Waals surface area contributed by atoms with Crippen LogP contribution in [0, 0.1) is 0 Å². The molecular formula is C22H28N6O3S. The molecule has 0 spiro atoms. The summed E-state index contributed by atoms with van der Waals surface area (Å²) in [4.78, 5) is 48.1. The van der Waals surface area contributed by atoms with Crippen LogP contribution in [0.25, 0.3) is 0 Å². The number of aromatic nitrogens is 1. The zero-order chi connectivity index (χ0) is 23.1. The highest BCUT2D eigenvalue weighted by atomic mass is 32.1. The summed E-state index contributed by atoms with van der Waals surface area (Å²) in [7, 11) is 0. The maximum Gasteiger partial charge on any atom is 0.240 e. The molecule has 2 unspecified atom stereocenters. The Morgan fingerprint density at radius 2 is 2.09 bits per heavy atom. The van der Waals surface area contributed by atoms with Crippen molar-refractivity contribution in [2.24, 2.45) is 16.5 Å². The lowest BCUT2D eigenvalue weighted by molar-refractivity contribution is -0.137. The van der Waals surface area contributed by atoms with Gasteiger partial charge in [0.05, 0.1) is 24.5 Å². The van der Waals surface area contributed by atoms with Gasteiger partial charge >= 0.3 is 0 Å². The van der Waals surface area contributed by atoms with Gasteiger partial charge in [-0.15, -0.1) is 11.3 Å². The maximum atomic E-state index is 12.9. The van der Waals surface area contributed by atoms with Gasteiger partial charge in [-0.25, -0.2) is 4.98 Å². The van der Waals surface area contributed by atoms with Crippen molar-refractivity contribution in [3.05, 3.63) is 52.0 Å². The van der Waals surface area contributed by atoms with E-state index < -0.39 is 18.0 Å². The van der Waals surface area contributed by atoms with Crippen LogP contribution in [0.15, 0.2) is 40.8 Å². The third kappa shape index (κ3) is 6.21. The Kier molecular flexibility index (Phi) is 8.07. The molecule has 1 aliphatic rings. The number of fused-ring (bicyclic) bond motifs is 1. The molecule has 5 N–H and O–H groups in total. The Bertz CT molecular complexity index is 987. The molecule has 3 rings (SSSR count). The largest absolute Gasteiger partial charge is 0.388 e. The second-order valence-electron chi connectivity index (χ2n) is 7.76. The topological polar surface area (TPSA) is 144 Å². The van der Waals surface area contributed by atoms with Crippen LogP contribution < -0.4 is 16.8 Å². The van der Waals surface area contributed by atoms with Gasteiger partial charge in [0.25, 0.3) is 0 Å². The van der Waals surface area contributed by atoms with Crippen LogP contribution in [-0.2, 0) is 22.6 Å². The van der Waals surface area contributed by atoms with E-state index in [-0.39, 0.29) is 18.2 Å². The second kappa shape index (κ2) is 11.0. The number of ketones is 1. The fourth-order valence-electron chi connectivity index (χ4n) is 3.61. The van der Waals surface area contributed by atoms with Gasteiger partial charge in [0, 0.05) is 24.7 Å². The lowest BCUT2D eigenvalue weighted by atomic mass is 10.0. The predicted octanol–water partition coefficient (Wildman–Crippen LogP) is 0.880. The lowest BCUT2D eigenvalue weighted by Crippen LogP contribution is -2.49. The minimum atomic E-state index is -0.759. The van der Waals surface area contributed by atoms with E-state index in [1.54, 1.807) is 18.5 Å². The zero-order valence-corrected chi connectivity index (χ0v) is 18.8. The average molecular weight is 457 g/mol.